The zero-order valence-corrected chi connectivity index (χ0v) is 12.4. The van der Waals surface area contributed by atoms with Crippen LogP contribution in [0.2, 0.25) is 0 Å². The molecule has 0 aromatic carbocycles. The van der Waals surface area contributed by atoms with Gasteiger partial charge in [0, 0.05) is 43.6 Å². The van der Waals surface area contributed by atoms with E-state index < -0.39 is 0 Å². The van der Waals surface area contributed by atoms with E-state index in [9.17, 15) is 0 Å². The Morgan fingerprint density at radius 3 is 2.89 bits per heavy atom. The maximum absolute atomic E-state index is 3.41. The summed E-state index contributed by atoms with van der Waals surface area (Å²) in [6.45, 7) is 9.34. The number of hydrogen-bond donors (Lipinski definition) is 1. The lowest BCUT2D eigenvalue weighted by Gasteiger charge is -2.33. The molecular weight excluding hydrogens is 242 g/mol. The number of hydrogen-bond acceptors (Lipinski definition) is 4. The van der Waals surface area contributed by atoms with Crippen LogP contribution in [0.3, 0.4) is 0 Å². The predicted octanol–water partition coefficient (Wildman–Crippen LogP) is 1.86. The third-order valence-electron chi connectivity index (χ3n) is 3.71. The molecule has 0 bridgehead atoms. The molecule has 0 saturated carbocycles. The van der Waals surface area contributed by atoms with Gasteiger partial charge < -0.3 is 10.2 Å². The number of nitrogens with one attached hydrogen (secondary N) is 1. The Bertz CT molecular complexity index is 320. The minimum atomic E-state index is 0.706. The average Bonchev–Trinajstić information content (AvgIpc) is 2.90. The van der Waals surface area contributed by atoms with Gasteiger partial charge in [0.05, 0.1) is 0 Å². The quantitative estimate of drug-likeness (QED) is 0.849. The van der Waals surface area contributed by atoms with Crippen LogP contribution in [0, 0.1) is 0 Å². The van der Waals surface area contributed by atoms with Crippen LogP contribution in [0.1, 0.15) is 18.2 Å². The Hall–Kier alpha value is -0.420. The highest BCUT2D eigenvalue weighted by atomic mass is 32.1. The Kier molecular flexibility index (Phi) is 5.63. The van der Waals surface area contributed by atoms with Crippen LogP contribution in [-0.2, 0) is 6.54 Å². The van der Waals surface area contributed by atoms with Gasteiger partial charge in [0.25, 0.3) is 0 Å². The SMILES string of the molecule is CC(CCN(C)Cc1cccs1)N1CCNCC1. The first-order valence-electron chi connectivity index (χ1n) is 6.91. The van der Waals surface area contributed by atoms with Crippen molar-refractivity contribution in [2.45, 2.75) is 25.9 Å². The van der Waals surface area contributed by atoms with Crippen molar-refractivity contribution in [3.63, 3.8) is 0 Å². The third-order valence-corrected chi connectivity index (χ3v) is 4.57. The second kappa shape index (κ2) is 7.24. The van der Waals surface area contributed by atoms with Crippen molar-refractivity contribution >= 4 is 11.3 Å². The van der Waals surface area contributed by atoms with Gasteiger partial charge >= 0.3 is 0 Å². The van der Waals surface area contributed by atoms with E-state index in [2.05, 4.69) is 46.6 Å². The molecule has 2 heterocycles. The molecule has 0 amide bonds. The van der Waals surface area contributed by atoms with E-state index in [1.165, 1.54) is 30.9 Å². The fourth-order valence-electron chi connectivity index (χ4n) is 2.46. The summed E-state index contributed by atoms with van der Waals surface area (Å²) in [6.07, 6.45) is 1.27. The molecule has 1 aliphatic heterocycles. The van der Waals surface area contributed by atoms with Crippen molar-refractivity contribution in [3.8, 4) is 0 Å². The summed E-state index contributed by atoms with van der Waals surface area (Å²) >= 11 is 1.85. The molecule has 0 spiro atoms. The molecule has 3 nitrogen and oxygen atoms in total. The monoisotopic (exact) mass is 267 g/mol. The van der Waals surface area contributed by atoms with Gasteiger partial charge in [0.2, 0.25) is 0 Å². The van der Waals surface area contributed by atoms with Crippen molar-refractivity contribution < 1.29 is 0 Å². The fourth-order valence-corrected chi connectivity index (χ4v) is 3.24. The molecule has 0 radical (unpaired) electrons. The van der Waals surface area contributed by atoms with Gasteiger partial charge in [0.15, 0.2) is 0 Å². The largest absolute Gasteiger partial charge is 0.314 e. The summed E-state index contributed by atoms with van der Waals surface area (Å²) < 4.78 is 0. The second-order valence-electron chi connectivity index (χ2n) is 5.24. The van der Waals surface area contributed by atoms with Crippen LogP contribution < -0.4 is 5.32 Å². The molecular formula is C14H25N3S. The van der Waals surface area contributed by atoms with Crippen LogP contribution in [0.15, 0.2) is 17.5 Å². The average molecular weight is 267 g/mol. The Morgan fingerprint density at radius 1 is 1.44 bits per heavy atom. The molecule has 1 aromatic heterocycles. The summed E-state index contributed by atoms with van der Waals surface area (Å²) in [6, 6.07) is 5.07. The van der Waals surface area contributed by atoms with Crippen LogP contribution >= 0.6 is 11.3 Å². The standard InChI is InChI=1S/C14H25N3S/c1-13(17-9-6-15-7-10-17)5-8-16(2)12-14-4-3-11-18-14/h3-4,11,13,15H,5-10,12H2,1-2H3. The van der Waals surface area contributed by atoms with E-state index in [4.69, 9.17) is 0 Å². The molecule has 1 unspecified atom stereocenters. The van der Waals surface area contributed by atoms with Gasteiger partial charge in [-0.25, -0.2) is 0 Å². The molecule has 1 fully saturated rings. The van der Waals surface area contributed by atoms with E-state index >= 15 is 0 Å². The minimum Gasteiger partial charge on any atom is -0.314 e. The maximum atomic E-state index is 3.41. The van der Waals surface area contributed by atoms with Gasteiger partial charge in [-0.2, -0.15) is 0 Å². The van der Waals surface area contributed by atoms with Crippen molar-refractivity contribution in [2.24, 2.45) is 0 Å². The minimum absolute atomic E-state index is 0.706. The topological polar surface area (TPSA) is 18.5 Å². The summed E-state index contributed by atoms with van der Waals surface area (Å²) in [5, 5.41) is 5.57. The molecule has 2 rings (SSSR count). The Balaban J connectivity index is 1.66. The highest BCUT2D eigenvalue weighted by Crippen LogP contribution is 2.12. The third kappa shape index (κ3) is 4.35. The first kappa shape index (κ1) is 14.0. The van der Waals surface area contributed by atoms with Crippen LogP contribution in [0.25, 0.3) is 0 Å². The Labute approximate surface area is 115 Å². The van der Waals surface area contributed by atoms with Crippen LogP contribution in [0.4, 0.5) is 0 Å². The Morgan fingerprint density at radius 2 is 2.22 bits per heavy atom. The van der Waals surface area contributed by atoms with Crippen molar-refractivity contribution in [3.05, 3.63) is 22.4 Å². The number of piperazine rings is 1. The van der Waals surface area contributed by atoms with Crippen molar-refractivity contribution in [1.29, 1.82) is 0 Å². The predicted molar refractivity (Wildman–Crippen MR) is 79.2 cm³/mol. The number of nitrogens with zero attached hydrogens (tertiary/aromatic N) is 2. The molecule has 1 aromatic rings. The summed E-state index contributed by atoms with van der Waals surface area (Å²) in [7, 11) is 2.23. The van der Waals surface area contributed by atoms with E-state index in [1.54, 1.807) is 0 Å². The molecule has 0 aliphatic carbocycles. The van der Waals surface area contributed by atoms with Crippen molar-refractivity contribution in [2.75, 3.05) is 39.8 Å². The van der Waals surface area contributed by atoms with Crippen LogP contribution in [-0.4, -0.2) is 55.6 Å². The zero-order valence-electron chi connectivity index (χ0n) is 11.6. The molecule has 1 N–H and O–H groups in total. The summed E-state index contributed by atoms with van der Waals surface area (Å²) in [5.41, 5.74) is 0. The molecule has 1 saturated heterocycles. The highest BCUT2D eigenvalue weighted by molar-refractivity contribution is 7.09. The normalized spacial score (nSPS) is 19.3. The highest BCUT2D eigenvalue weighted by Gasteiger charge is 2.16. The molecule has 18 heavy (non-hydrogen) atoms. The maximum Gasteiger partial charge on any atom is 0.0324 e. The van der Waals surface area contributed by atoms with Gasteiger partial charge in [-0.05, 0) is 38.4 Å². The molecule has 1 atom stereocenters. The first-order valence-corrected chi connectivity index (χ1v) is 7.79. The molecule has 4 heteroatoms. The van der Waals surface area contributed by atoms with E-state index in [1.807, 2.05) is 11.3 Å². The zero-order chi connectivity index (χ0) is 12.8. The first-order chi connectivity index (χ1) is 8.75. The van der Waals surface area contributed by atoms with E-state index in [0.717, 1.165) is 19.6 Å². The smallest absolute Gasteiger partial charge is 0.0324 e. The van der Waals surface area contributed by atoms with Gasteiger partial charge in [-0.15, -0.1) is 11.3 Å². The summed E-state index contributed by atoms with van der Waals surface area (Å²) in [5.74, 6) is 0. The number of thiophene rings is 1. The van der Waals surface area contributed by atoms with Crippen LogP contribution in [0.5, 0.6) is 0 Å². The van der Waals surface area contributed by atoms with E-state index in [-0.39, 0.29) is 0 Å². The molecule has 1 aliphatic rings. The lowest BCUT2D eigenvalue weighted by molar-refractivity contribution is 0.162. The van der Waals surface area contributed by atoms with Gasteiger partial charge in [-0.1, -0.05) is 6.07 Å². The summed E-state index contributed by atoms with van der Waals surface area (Å²) in [4.78, 5) is 6.51. The van der Waals surface area contributed by atoms with Crippen molar-refractivity contribution in [1.82, 2.24) is 15.1 Å². The molecule has 102 valence electrons. The van der Waals surface area contributed by atoms with Gasteiger partial charge in [0.1, 0.15) is 0 Å². The second-order valence-corrected chi connectivity index (χ2v) is 6.27. The van der Waals surface area contributed by atoms with E-state index in [0.29, 0.717) is 6.04 Å². The lowest BCUT2D eigenvalue weighted by Crippen LogP contribution is -2.48. The lowest BCUT2D eigenvalue weighted by atomic mass is 10.1. The fraction of sp³-hybridized carbons (Fsp3) is 0.714. The number of rotatable bonds is 6. The van der Waals surface area contributed by atoms with Gasteiger partial charge in [-0.3, -0.25) is 4.90 Å².